The van der Waals surface area contributed by atoms with Crippen molar-refractivity contribution in [3.63, 3.8) is 0 Å². The fraction of sp³-hybridized carbons (Fsp3) is 1.00. The van der Waals surface area contributed by atoms with Gasteiger partial charge in [0.15, 0.2) is 4.99 Å². The van der Waals surface area contributed by atoms with Gasteiger partial charge in [-0.3, -0.25) is 9.12 Å². The highest BCUT2D eigenvalue weighted by molar-refractivity contribution is 7.94. The third-order valence-electron chi connectivity index (χ3n) is 1.66. The van der Waals surface area contributed by atoms with Crippen LogP contribution in [0.4, 0.5) is 0 Å². The van der Waals surface area contributed by atoms with Crippen LogP contribution >= 0.6 is 7.60 Å². The van der Waals surface area contributed by atoms with E-state index in [0.29, 0.717) is 0 Å². The Morgan fingerprint density at radius 1 is 1.20 bits per heavy atom. The Kier molecular flexibility index (Phi) is 5.98. The molecule has 0 aromatic rings. The smallest absolute Gasteiger partial charge is 0.308 e. The first kappa shape index (κ1) is 15.1. The van der Waals surface area contributed by atoms with E-state index in [1.165, 1.54) is 6.92 Å². The highest BCUT2D eigenvalue weighted by Crippen LogP contribution is 2.55. The summed E-state index contributed by atoms with van der Waals surface area (Å²) in [7, 11) is -8.22. The molecule has 15 heavy (non-hydrogen) atoms. The van der Waals surface area contributed by atoms with Gasteiger partial charge in [-0.1, -0.05) is 6.92 Å². The zero-order chi connectivity index (χ0) is 12.1. The highest BCUT2D eigenvalue weighted by Gasteiger charge is 2.43. The predicted octanol–water partition coefficient (Wildman–Crippen LogP) is 1.88. The van der Waals surface area contributed by atoms with Crippen LogP contribution in [0.25, 0.3) is 0 Å². The molecule has 0 aliphatic heterocycles. The van der Waals surface area contributed by atoms with Crippen LogP contribution in [0.15, 0.2) is 0 Å². The lowest BCUT2D eigenvalue weighted by Crippen LogP contribution is -2.22. The van der Waals surface area contributed by atoms with E-state index in [1.807, 2.05) is 0 Å². The molecular formula is C7H17O6PS. The molecule has 0 bridgehead atoms. The van der Waals surface area contributed by atoms with Gasteiger partial charge in [0.1, 0.15) is 0 Å². The number of rotatable bonds is 7. The fourth-order valence-corrected chi connectivity index (χ4v) is 4.83. The van der Waals surface area contributed by atoms with Gasteiger partial charge < -0.3 is 9.05 Å². The summed E-state index contributed by atoms with van der Waals surface area (Å²) >= 11 is 0. The zero-order valence-corrected chi connectivity index (χ0v) is 10.8. The lowest BCUT2D eigenvalue weighted by Gasteiger charge is -2.22. The van der Waals surface area contributed by atoms with Crippen LogP contribution in [-0.2, 0) is 23.7 Å². The van der Waals surface area contributed by atoms with Crippen molar-refractivity contribution in [1.82, 2.24) is 0 Å². The van der Waals surface area contributed by atoms with Crippen molar-refractivity contribution >= 4 is 17.7 Å². The molecule has 0 spiro atoms. The topological polar surface area (TPSA) is 89.9 Å². The molecule has 1 atom stereocenters. The van der Waals surface area contributed by atoms with Crippen LogP contribution in [0, 0.1) is 0 Å². The molecule has 92 valence electrons. The van der Waals surface area contributed by atoms with Crippen LogP contribution < -0.4 is 0 Å². The molecule has 1 unspecified atom stereocenters. The Labute approximate surface area is 90.2 Å². The van der Waals surface area contributed by atoms with Crippen LogP contribution in [0.2, 0.25) is 0 Å². The van der Waals surface area contributed by atoms with E-state index in [2.05, 4.69) is 0 Å². The Balaban J connectivity index is 5.12. The molecule has 0 fully saturated rings. The minimum atomic E-state index is -4.43. The first-order chi connectivity index (χ1) is 6.81. The molecule has 0 rings (SSSR count). The van der Waals surface area contributed by atoms with Gasteiger partial charge in [-0.05, 0) is 20.3 Å². The maximum Gasteiger partial charge on any atom is 0.351 e. The Bertz CT molecular complexity index is 314. The van der Waals surface area contributed by atoms with Gasteiger partial charge in [-0.2, -0.15) is 8.42 Å². The summed E-state index contributed by atoms with van der Waals surface area (Å²) in [5.74, 6) is 0. The summed E-state index contributed by atoms with van der Waals surface area (Å²) in [5.41, 5.74) is 0. The third kappa shape index (κ3) is 4.20. The first-order valence-electron chi connectivity index (χ1n) is 4.66. The molecule has 0 saturated heterocycles. The second-order valence-corrected chi connectivity index (χ2v) is 6.92. The molecule has 6 nitrogen and oxygen atoms in total. The van der Waals surface area contributed by atoms with Crippen LogP contribution in [0.3, 0.4) is 0 Å². The van der Waals surface area contributed by atoms with Gasteiger partial charge in [0, 0.05) is 0 Å². The summed E-state index contributed by atoms with van der Waals surface area (Å²) in [6, 6.07) is 0. The average Bonchev–Trinajstić information content (AvgIpc) is 2.02. The fourth-order valence-electron chi connectivity index (χ4n) is 1.16. The van der Waals surface area contributed by atoms with Crippen molar-refractivity contribution in [3.8, 4) is 0 Å². The molecular weight excluding hydrogens is 243 g/mol. The Morgan fingerprint density at radius 2 is 1.60 bits per heavy atom. The molecule has 8 heteroatoms. The molecule has 0 radical (unpaired) electrons. The normalized spacial score (nSPS) is 15.2. The minimum absolute atomic E-state index is 0.0316. The summed E-state index contributed by atoms with van der Waals surface area (Å²) in [6.45, 7) is 4.75. The molecule has 0 heterocycles. The number of hydrogen-bond donors (Lipinski definition) is 1. The van der Waals surface area contributed by atoms with Crippen molar-refractivity contribution < 1.29 is 26.6 Å². The SMILES string of the molecule is CCOP(=O)(OCC)C(CC)S(=O)(=O)O. The molecule has 0 aliphatic carbocycles. The Morgan fingerprint density at radius 3 is 1.80 bits per heavy atom. The maximum atomic E-state index is 12.0. The Hall–Kier alpha value is 0.0600. The van der Waals surface area contributed by atoms with Gasteiger partial charge in [0.05, 0.1) is 13.2 Å². The van der Waals surface area contributed by atoms with E-state index in [9.17, 15) is 13.0 Å². The lowest BCUT2D eigenvalue weighted by molar-refractivity contribution is 0.216. The monoisotopic (exact) mass is 260 g/mol. The minimum Gasteiger partial charge on any atom is -0.308 e. The van der Waals surface area contributed by atoms with E-state index in [-0.39, 0.29) is 19.6 Å². The lowest BCUT2D eigenvalue weighted by atomic mass is 10.6. The van der Waals surface area contributed by atoms with Gasteiger partial charge >= 0.3 is 7.60 Å². The van der Waals surface area contributed by atoms with E-state index >= 15 is 0 Å². The van der Waals surface area contributed by atoms with E-state index < -0.39 is 22.7 Å². The average molecular weight is 260 g/mol. The van der Waals surface area contributed by atoms with Crippen molar-refractivity contribution in [2.45, 2.75) is 32.2 Å². The second-order valence-electron chi connectivity index (χ2n) is 2.75. The second kappa shape index (κ2) is 5.96. The van der Waals surface area contributed by atoms with E-state index in [0.717, 1.165) is 0 Å². The standard InChI is InChI=1S/C7H17O6PS/c1-4-7(15(9,10)11)14(8,12-5-2)13-6-3/h7H,4-6H2,1-3H3,(H,9,10,11). The maximum absolute atomic E-state index is 12.0. The van der Waals surface area contributed by atoms with E-state index in [1.54, 1.807) is 13.8 Å². The summed E-state index contributed by atoms with van der Waals surface area (Å²) < 4.78 is 52.6. The van der Waals surface area contributed by atoms with Gasteiger partial charge in [0.25, 0.3) is 10.1 Å². The quantitative estimate of drug-likeness (QED) is 0.555. The third-order valence-corrected chi connectivity index (χ3v) is 6.57. The predicted molar refractivity (Wildman–Crippen MR) is 56.5 cm³/mol. The van der Waals surface area contributed by atoms with Crippen molar-refractivity contribution in [1.29, 1.82) is 0 Å². The molecule has 1 N–H and O–H groups in total. The van der Waals surface area contributed by atoms with Crippen molar-refractivity contribution in [2.24, 2.45) is 0 Å². The zero-order valence-electron chi connectivity index (χ0n) is 9.04. The van der Waals surface area contributed by atoms with Gasteiger partial charge in [-0.25, -0.2) is 0 Å². The van der Waals surface area contributed by atoms with Crippen LogP contribution in [-0.4, -0.2) is 31.2 Å². The molecule has 0 saturated carbocycles. The largest absolute Gasteiger partial charge is 0.351 e. The molecule has 0 aliphatic rings. The summed E-state index contributed by atoms with van der Waals surface area (Å²) in [4.78, 5) is -1.51. The van der Waals surface area contributed by atoms with Crippen molar-refractivity contribution in [3.05, 3.63) is 0 Å². The molecule has 0 aromatic heterocycles. The number of hydrogen-bond acceptors (Lipinski definition) is 5. The molecule has 0 aromatic carbocycles. The first-order valence-corrected chi connectivity index (χ1v) is 7.78. The van der Waals surface area contributed by atoms with Gasteiger partial charge in [0.2, 0.25) is 0 Å². The van der Waals surface area contributed by atoms with Gasteiger partial charge in [-0.15, -0.1) is 0 Å². The van der Waals surface area contributed by atoms with Crippen molar-refractivity contribution in [2.75, 3.05) is 13.2 Å². The summed E-state index contributed by atoms with van der Waals surface area (Å²) in [6.07, 6.45) is -0.0316. The molecule has 0 amide bonds. The summed E-state index contributed by atoms with van der Waals surface area (Å²) in [5, 5.41) is 0. The van der Waals surface area contributed by atoms with E-state index in [4.69, 9.17) is 13.6 Å². The van der Waals surface area contributed by atoms with Crippen LogP contribution in [0.5, 0.6) is 0 Å². The van der Waals surface area contributed by atoms with Crippen LogP contribution in [0.1, 0.15) is 27.2 Å². The highest BCUT2D eigenvalue weighted by atomic mass is 32.2.